The Morgan fingerprint density at radius 2 is 2.00 bits per heavy atom. The molecular formula is C19H22N2O3. The van der Waals surface area contributed by atoms with Crippen molar-refractivity contribution >= 4 is 12.0 Å². The molecule has 0 radical (unpaired) electrons. The van der Waals surface area contributed by atoms with Crippen LogP contribution in [0.3, 0.4) is 0 Å². The second-order valence-corrected chi connectivity index (χ2v) is 5.16. The minimum absolute atomic E-state index is 0.0452. The fourth-order valence-electron chi connectivity index (χ4n) is 2.29. The number of carbonyl (C=O) groups excluding carboxylic acids is 1. The van der Waals surface area contributed by atoms with E-state index >= 15 is 0 Å². The molecule has 0 atom stereocenters. The second-order valence-electron chi connectivity index (χ2n) is 5.16. The summed E-state index contributed by atoms with van der Waals surface area (Å²) in [6, 6.07) is 9.41. The first kappa shape index (κ1) is 17.5. The summed E-state index contributed by atoms with van der Waals surface area (Å²) in [5.41, 5.74) is 1.88. The molecule has 5 heteroatoms. The van der Waals surface area contributed by atoms with Crippen molar-refractivity contribution in [2.45, 2.75) is 13.5 Å². The lowest BCUT2D eigenvalue weighted by atomic mass is 10.2. The van der Waals surface area contributed by atoms with E-state index in [9.17, 15) is 4.79 Å². The van der Waals surface area contributed by atoms with Crippen LogP contribution in [0.15, 0.2) is 48.8 Å². The van der Waals surface area contributed by atoms with E-state index in [-0.39, 0.29) is 5.91 Å². The summed E-state index contributed by atoms with van der Waals surface area (Å²) in [5.74, 6) is 1.28. The van der Waals surface area contributed by atoms with Crippen LogP contribution in [-0.4, -0.2) is 36.6 Å². The molecule has 0 saturated carbocycles. The molecule has 2 rings (SSSR count). The molecule has 0 aliphatic heterocycles. The van der Waals surface area contributed by atoms with Gasteiger partial charge in [-0.2, -0.15) is 0 Å². The maximum atomic E-state index is 12.4. The predicted molar refractivity (Wildman–Crippen MR) is 93.9 cm³/mol. The molecule has 1 aromatic carbocycles. The molecule has 0 aliphatic carbocycles. The Hall–Kier alpha value is -2.82. The largest absolute Gasteiger partial charge is 0.493 e. The molecule has 24 heavy (non-hydrogen) atoms. The number of likely N-dealkylation sites (N-methyl/N-ethyl adjacent to an activating group) is 1. The average molecular weight is 326 g/mol. The number of carbonyl (C=O) groups is 1. The van der Waals surface area contributed by atoms with Gasteiger partial charge in [0.15, 0.2) is 11.5 Å². The van der Waals surface area contributed by atoms with Crippen LogP contribution in [0.5, 0.6) is 11.5 Å². The number of rotatable bonds is 7. The van der Waals surface area contributed by atoms with E-state index in [1.54, 1.807) is 43.7 Å². The van der Waals surface area contributed by atoms with Crippen LogP contribution in [-0.2, 0) is 11.3 Å². The monoisotopic (exact) mass is 326 g/mol. The molecule has 126 valence electrons. The highest BCUT2D eigenvalue weighted by molar-refractivity contribution is 5.91. The third kappa shape index (κ3) is 4.59. The standard InChI is InChI=1S/C19H22N2O3/c1-4-21(19(22)10-8-15-6-5-11-20-13-15)14-16-7-9-17(23-2)18(12-16)24-3/h5-13H,4,14H2,1-3H3/b10-8+. The molecule has 1 aromatic heterocycles. The fourth-order valence-corrected chi connectivity index (χ4v) is 2.29. The lowest BCUT2D eigenvalue weighted by molar-refractivity contribution is -0.126. The molecule has 0 spiro atoms. The van der Waals surface area contributed by atoms with Crippen molar-refractivity contribution in [1.29, 1.82) is 0 Å². The number of hydrogen-bond donors (Lipinski definition) is 0. The lowest BCUT2D eigenvalue weighted by Crippen LogP contribution is -2.28. The van der Waals surface area contributed by atoms with Gasteiger partial charge in [0.1, 0.15) is 0 Å². The molecule has 1 heterocycles. The molecule has 1 amide bonds. The molecule has 0 unspecified atom stereocenters. The normalized spacial score (nSPS) is 10.6. The predicted octanol–water partition coefficient (Wildman–Crippen LogP) is 3.16. The molecule has 2 aromatic rings. The van der Waals surface area contributed by atoms with Crippen LogP contribution < -0.4 is 9.47 Å². The summed E-state index contributed by atoms with van der Waals surface area (Å²) in [6.45, 7) is 3.08. The van der Waals surface area contributed by atoms with Gasteiger partial charge >= 0.3 is 0 Å². The maximum Gasteiger partial charge on any atom is 0.246 e. The van der Waals surface area contributed by atoms with Crippen LogP contribution >= 0.6 is 0 Å². The van der Waals surface area contributed by atoms with Crippen molar-refractivity contribution in [3.63, 3.8) is 0 Å². The highest BCUT2D eigenvalue weighted by Gasteiger charge is 2.11. The Balaban J connectivity index is 2.08. The van der Waals surface area contributed by atoms with Gasteiger partial charge in [-0.15, -0.1) is 0 Å². The second kappa shape index (κ2) is 8.72. The topological polar surface area (TPSA) is 51.7 Å². The van der Waals surface area contributed by atoms with Gasteiger partial charge in [0.2, 0.25) is 5.91 Å². The molecule has 0 N–H and O–H groups in total. The SMILES string of the molecule is CCN(Cc1ccc(OC)c(OC)c1)C(=O)/C=C/c1cccnc1. The molecule has 0 saturated heterocycles. The third-order valence-corrected chi connectivity index (χ3v) is 3.62. The zero-order valence-corrected chi connectivity index (χ0v) is 14.2. The van der Waals surface area contributed by atoms with Crippen LogP contribution in [0.2, 0.25) is 0 Å². The van der Waals surface area contributed by atoms with Crippen LogP contribution in [0.4, 0.5) is 0 Å². The van der Waals surface area contributed by atoms with Gasteiger partial charge in [-0.3, -0.25) is 9.78 Å². The Morgan fingerprint density at radius 3 is 2.62 bits per heavy atom. The first-order valence-corrected chi connectivity index (χ1v) is 7.75. The zero-order valence-electron chi connectivity index (χ0n) is 14.2. The van der Waals surface area contributed by atoms with Gasteiger partial charge in [0.05, 0.1) is 14.2 Å². The highest BCUT2D eigenvalue weighted by Crippen LogP contribution is 2.28. The van der Waals surface area contributed by atoms with Crippen molar-refractivity contribution in [2.24, 2.45) is 0 Å². The third-order valence-electron chi connectivity index (χ3n) is 3.62. The van der Waals surface area contributed by atoms with Gasteiger partial charge in [0.25, 0.3) is 0 Å². The number of aromatic nitrogens is 1. The van der Waals surface area contributed by atoms with Crippen molar-refractivity contribution in [3.8, 4) is 11.5 Å². The van der Waals surface area contributed by atoms with Gasteiger partial charge < -0.3 is 14.4 Å². The Labute approximate surface area is 142 Å². The zero-order chi connectivity index (χ0) is 17.4. The number of amides is 1. The van der Waals surface area contributed by atoms with Crippen LogP contribution in [0, 0.1) is 0 Å². The quantitative estimate of drug-likeness (QED) is 0.734. The van der Waals surface area contributed by atoms with E-state index in [4.69, 9.17) is 9.47 Å². The Bertz CT molecular complexity index is 699. The van der Waals surface area contributed by atoms with Crippen molar-refractivity contribution in [1.82, 2.24) is 9.88 Å². The Kier molecular flexibility index (Phi) is 6.37. The minimum atomic E-state index is -0.0452. The fraction of sp³-hybridized carbons (Fsp3) is 0.263. The highest BCUT2D eigenvalue weighted by atomic mass is 16.5. The summed E-state index contributed by atoms with van der Waals surface area (Å²) < 4.78 is 10.5. The van der Waals surface area contributed by atoms with Gasteiger partial charge in [-0.05, 0) is 42.3 Å². The number of methoxy groups -OCH3 is 2. The number of pyridine rings is 1. The maximum absolute atomic E-state index is 12.4. The van der Waals surface area contributed by atoms with E-state index in [1.165, 1.54) is 0 Å². The smallest absolute Gasteiger partial charge is 0.246 e. The Morgan fingerprint density at radius 1 is 1.21 bits per heavy atom. The minimum Gasteiger partial charge on any atom is -0.493 e. The van der Waals surface area contributed by atoms with E-state index in [2.05, 4.69) is 4.98 Å². The number of hydrogen-bond acceptors (Lipinski definition) is 4. The average Bonchev–Trinajstić information content (AvgIpc) is 2.64. The molecule has 5 nitrogen and oxygen atoms in total. The number of nitrogens with zero attached hydrogens (tertiary/aromatic N) is 2. The molecule has 0 bridgehead atoms. The summed E-state index contributed by atoms with van der Waals surface area (Å²) >= 11 is 0. The number of benzene rings is 1. The molecule has 0 aliphatic rings. The van der Waals surface area contributed by atoms with E-state index in [1.807, 2.05) is 37.3 Å². The van der Waals surface area contributed by atoms with Crippen LogP contribution in [0.25, 0.3) is 6.08 Å². The van der Waals surface area contributed by atoms with Crippen molar-refractivity contribution in [2.75, 3.05) is 20.8 Å². The van der Waals surface area contributed by atoms with Crippen molar-refractivity contribution in [3.05, 3.63) is 59.9 Å². The van der Waals surface area contributed by atoms with E-state index < -0.39 is 0 Å². The van der Waals surface area contributed by atoms with Crippen molar-refractivity contribution < 1.29 is 14.3 Å². The molecular weight excluding hydrogens is 304 g/mol. The van der Waals surface area contributed by atoms with E-state index in [0.717, 1.165) is 11.1 Å². The summed E-state index contributed by atoms with van der Waals surface area (Å²) in [5, 5.41) is 0. The number of ether oxygens (including phenoxy) is 2. The first-order chi connectivity index (χ1) is 11.7. The molecule has 0 fully saturated rings. The summed E-state index contributed by atoms with van der Waals surface area (Å²) in [6.07, 6.45) is 6.76. The van der Waals surface area contributed by atoms with Gasteiger partial charge in [0, 0.05) is 31.6 Å². The van der Waals surface area contributed by atoms with Gasteiger partial charge in [-0.1, -0.05) is 12.1 Å². The lowest BCUT2D eigenvalue weighted by Gasteiger charge is -2.20. The van der Waals surface area contributed by atoms with E-state index in [0.29, 0.717) is 24.6 Å². The summed E-state index contributed by atoms with van der Waals surface area (Å²) in [4.78, 5) is 18.2. The summed E-state index contributed by atoms with van der Waals surface area (Å²) in [7, 11) is 3.20. The van der Waals surface area contributed by atoms with Gasteiger partial charge in [-0.25, -0.2) is 0 Å². The first-order valence-electron chi connectivity index (χ1n) is 7.75. The van der Waals surface area contributed by atoms with Crippen LogP contribution in [0.1, 0.15) is 18.1 Å².